The van der Waals surface area contributed by atoms with Crippen LogP contribution in [0.1, 0.15) is 79.6 Å². The van der Waals surface area contributed by atoms with Gasteiger partial charge in [0.15, 0.2) is 18.6 Å². The average Bonchev–Trinajstić information content (AvgIpc) is 1.72. The smallest absolute Gasteiger partial charge is 0.212 e. The molecule has 6 heteroatoms. The summed E-state index contributed by atoms with van der Waals surface area (Å²) in [5, 5.41) is 14.0. The van der Waals surface area contributed by atoms with Crippen molar-refractivity contribution < 1.29 is 33.8 Å². The van der Waals surface area contributed by atoms with Crippen LogP contribution in [0, 0.1) is 27.7 Å². The zero-order valence-corrected chi connectivity index (χ0v) is 48.1. The molecule has 0 radical (unpaired) electrons. The number of aryl methyl sites for hydroxylation is 7. The van der Waals surface area contributed by atoms with Crippen LogP contribution >= 0.6 is 0 Å². The molecule has 0 aliphatic heterocycles. The Labute approximate surface area is 485 Å². The van der Waals surface area contributed by atoms with Gasteiger partial charge in [-0.05, 0) is 161 Å². The Kier molecular flexibility index (Phi) is 11.7. The minimum Gasteiger partial charge on any atom is -0.456 e. The monoisotopic (exact) mass is 1080 g/mol. The van der Waals surface area contributed by atoms with Crippen molar-refractivity contribution in [3.8, 4) is 33.8 Å². The van der Waals surface area contributed by atoms with Crippen molar-refractivity contribution in [3.05, 3.63) is 234 Å². The van der Waals surface area contributed by atoms with Gasteiger partial charge in [-0.15, -0.1) is 0 Å². The first-order valence-electron chi connectivity index (χ1n) is 30.5. The fraction of sp³-hybridized carbons (Fsp3) is 0.171. The van der Waals surface area contributed by atoms with Crippen molar-refractivity contribution in [2.75, 3.05) is 0 Å². The lowest BCUT2D eigenvalue weighted by Crippen LogP contribution is -2.30. The molecule has 0 aliphatic carbocycles. The molecule has 0 fully saturated rings. The number of benzene rings is 9. The van der Waals surface area contributed by atoms with Gasteiger partial charge in [0, 0.05) is 92.3 Å². The Hall–Kier alpha value is -9.39. The third-order valence-corrected chi connectivity index (χ3v) is 16.7. The van der Waals surface area contributed by atoms with Gasteiger partial charge in [-0.3, -0.25) is 0 Å². The van der Waals surface area contributed by atoms with Crippen LogP contribution in [0.4, 0.5) is 0 Å². The number of aromatic nitrogens is 3. The van der Waals surface area contributed by atoms with Crippen molar-refractivity contribution in [2.45, 2.75) is 67.1 Å². The van der Waals surface area contributed by atoms with E-state index in [9.17, 15) is 0 Å². The van der Waals surface area contributed by atoms with E-state index in [2.05, 4.69) is 195 Å². The molecule has 0 bridgehead atoms. The lowest BCUT2D eigenvalue weighted by Gasteiger charge is -2.09. The number of fused-ring (bicyclic) bond motifs is 12. The summed E-state index contributed by atoms with van der Waals surface area (Å²) in [6.07, 6.45) is 5.97. The second-order valence-electron chi connectivity index (χ2n) is 22.4. The molecule has 15 aromatic rings. The summed E-state index contributed by atoms with van der Waals surface area (Å²) < 4.78 is 65.5. The Balaban J connectivity index is 0.000000121. The summed E-state index contributed by atoms with van der Waals surface area (Å²) >= 11 is 0. The first kappa shape index (κ1) is 46.4. The quantitative estimate of drug-likeness (QED) is 0.161. The molecule has 82 heavy (non-hydrogen) atoms. The van der Waals surface area contributed by atoms with E-state index in [0.29, 0.717) is 5.56 Å². The van der Waals surface area contributed by atoms with Crippen molar-refractivity contribution in [1.29, 1.82) is 0 Å². The van der Waals surface area contributed by atoms with Crippen LogP contribution in [-0.4, -0.2) is 0 Å². The first-order chi connectivity index (χ1) is 41.5. The molecule has 1 unspecified atom stereocenters. The molecule has 0 amide bonds. The van der Waals surface area contributed by atoms with Crippen LogP contribution in [0.25, 0.3) is 132 Å². The van der Waals surface area contributed by atoms with Crippen LogP contribution in [0.5, 0.6) is 0 Å². The molecule has 0 saturated carbocycles. The maximum absolute atomic E-state index is 8.49. The predicted molar refractivity (Wildman–Crippen MR) is 341 cm³/mol. The molecule has 0 N–H and O–H groups in total. The van der Waals surface area contributed by atoms with Gasteiger partial charge < -0.3 is 13.3 Å². The number of rotatable bonds is 5. The van der Waals surface area contributed by atoms with E-state index in [1.165, 1.54) is 67.0 Å². The third kappa shape index (κ3) is 9.13. The molecule has 0 saturated heterocycles. The average molecular weight is 1080 g/mol. The normalized spacial score (nSPS) is 13.7. The lowest BCUT2D eigenvalue weighted by molar-refractivity contribution is -0.660. The summed E-state index contributed by atoms with van der Waals surface area (Å²) in [5.41, 5.74) is 17.9. The van der Waals surface area contributed by atoms with E-state index in [1.807, 2.05) is 76.1 Å². The topological polar surface area (TPSA) is 51.1 Å². The van der Waals surface area contributed by atoms with Crippen molar-refractivity contribution in [2.24, 2.45) is 21.1 Å². The largest absolute Gasteiger partial charge is 0.456 e. The highest BCUT2D eigenvalue weighted by Gasteiger charge is 2.23. The van der Waals surface area contributed by atoms with Gasteiger partial charge in [-0.1, -0.05) is 100 Å². The van der Waals surface area contributed by atoms with Crippen LogP contribution in [0.3, 0.4) is 0 Å². The predicted octanol–water partition coefficient (Wildman–Crippen LogP) is 19.2. The summed E-state index contributed by atoms with van der Waals surface area (Å²) in [7, 11) is 6.06. The number of nitrogens with zero attached hydrogens (tertiary/aromatic N) is 3. The zero-order chi connectivity index (χ0) is 61.0. The van der Waals surface area contributed by atoms with Crippen molar-refractivity contribution in [3.63, 3.8) is 0 Å². The van der Waals surface area contributed by atoms with Crippen molar-refractivity contribution >= 4 is 98.1 Å². The summed E-state index contributed by atoms with van der Waals surface area (Å²) in [4.78, 5) is 0. The fourth-order valence-corrected chi connectivity index (χ4v) is 12.0. The molecule has 6 heterocycles. The van der Waals surface area contributed by atoms with E-state index in [-0.39, 0.29) is 0 Å². The van der Waals surface area contributed by atoms with E-state index in [1.54, 1.807) is 6.07 Å². The van der Waals surface area contributed by atoms with E-state index in [4.69, 9.17) is 20.1 Å². The molecule has 6 aromatic heterocycles. The number of pyridine rings is 3. The Morgan fingerprint density at radius 2 is 0.671 bits per heavy atom. The van der Waals surface area contributed by atoms with Crippen LogP contribution in [0.15, 0.2) is 214 Å². The molecule has 9 aromatic carbocycles. The van der Waals surface area contributed by atoms with Crippen LogP contribution in [0.2, 0.25) is 0 Å². The van der Waals surface area contributed by atoms with Crippen LogP contribution in [-0.2, 0) is 21.1 Å². The standard InChI is InChI=1S/2C26H24NO.C24H20NO/c2*1-16(2)18-11-12-27(4)24(14-18)21-9-10-22-23-13-19-7-5-6-8-20(19)15-25(23)28-26(22)17(21)3;1-15-10-11-25(3)22(12-15)19-8-9-20-21-13-17-6-4-5-7-18(17)14-23(21)26-24(20)16(19)2/h2*5-16H,1-4H3;4-14H,1-3H3/q3*+1/i1D3,16D;16D;. The Morgan fingerprint density at radius 1 is 0.354 bits per heavy atom. The van der Waals surface area contributed by atoms with Gasteiger partial charge in [-0.25, -0.2) is 13.7 Å². The summed E-state index contributed by atoms with van der Waals surface area (Å²) in [6, 6.07) is 62.9. The molecule has 0 aliphatic rings. The molecule has 15 rings (SSSR count). The minimum absolute atomic E-state index is 0.459. The first-order valence-corrected chi connectivity index (χ1v) is 28.0. The number of hydrogen-bond donors (Lipinski definition) is 0. The third-order valence-electron chi connectivity index (χ3n) is 16.7. The zero-order valence-electron chi connectivity index (χ0n) is 53.1. The highest BCUT2D eigenvalue weighted by Crippen LogP contribution is 2.41. The highest BCUT2D eigenvalue weighted by molar-refractivity contribution is 6.14. The second kappa shape index (κ2) is 20.6. The molecular weight excluding hydrogens is 1000 g/mol. The molecule has 0 spiro atoms. The fourth-order valence-electron chi connectivity index (χ4n) is 12.0. The summed E-state index contributed by atoms with van der Waals surface area (Å²) in [6.45, 7) is 11.3. The van der Waals surface area contributed by atoms with Crippen LogP contribution < -0.4 is 13.7 Å². The van der Waals surface area contributed by atoms with E-state index >= 15 is 0 Å². The van der Waals surface area contributed by atoms with Gasteiger partial charge >= 0.3 is 0 Å². The van der Waals surface area contributed by atoms with Gasteiger partial charge in [-0.2, -0.15) is 0 Å². The van der Waals surface area contributed by atoms with E-state index < -0.39 is 18.6 Å². The lowest BCUT2D eigenvalue weighted by atomic mass is 9.97. The summed E-state index contributed by atoms with van der Waals surface area (Å²) in [5.74, 6) is -2.34. The molecule has 1 atom stereocenters. The minimum atomic E-state index is -2.43. The molecule has 6 nitrogen and oxygen atoms in total. The Bertz CT molecular complexity index is 5270. The molecular formula is C76H68N3O3+3. The van der Waals surface area contributed by atoms with Crippen molar-refractivity contribution in [1.82, 2.24) is 0 Å². The van der Waals surface area contributed by atoms with Gasteiger partial charge in [0.05, 0.1) is 16.7 Å². The number of furan rings is 3. The molecule has 402 valence electrons. The second-order valence-corrected chi connectivity index (χ2v) is 22.4. The van der Waals surface area contributed by atoms with Gasteiger partial charge in [0.2, 0.25) is 17.1 Å². The Morgan fingerprint density at radius 3 is 1.01 bits per heavy atom. The van der Waals surface area contributed by atoms with Gasteiger partial charge in [0.25, 0.3) is 0 Å². The van der Waals surface area contributed by atoms with E-state index in [0.717, 1.165) is 99.6 Å². The maximum atomic E-state index is 8.49. The maximum Gasteiger partial charge on any atom is 0.212 e. The van der Waals surface area contributed by atoms with Gasteiger partial charge in [0.1, 0.15) is 54.6 Å². The SMILES string of the molecule is Cc1cc[n+](C)c(-c2ccc3c(oc4cc5ccccc5cc43)c2C)c1.[2H]C(C)(C)c1cc[n+](C)c(-c2ccc3c(oc4cc5ccccc5cc43)c2C)c1.[2H]C([2H])([2H])C([2H])(C)c1cc[n+](C)c(-c2ccc3c(oc4cc5ccccc5cc43)c2C)c1. The number of hydrogen-bond acceptors (Lipinski definition) is 3. The highest BCUT2D eigenvalue weighted by atomic mass is 16.3.